The van der Waals surface area contributed by atoms with E-state index in [9.17, 15) is 4.79 Å². The van der Waals surface area contributed by atoms with E-state index in [2.05, 4.69) is 4.98 Å². The van der Waals surface area contributed by atoms with Crippen LogP contribution in [0.3, 0.4) is 0 Å². The Bertz CT molecular complexity index is 373. The second-order valence-corrected chi connectivity index (χ2v) is 3.80. The highest BCUT2D eigenvalue weighted by molar-refractivity contribution is 6.30. The number of carbonyl (C=O) groups excluding carboxylic acids is 1. The van der Waals surface area contributed by atoms with Gasteiger partial charge in [-0.15, -0.1) is 0 Å². The number of hydrogen-bond acceptors (Lipinski definition) is 4. The van der Waals surface area contributed by atoms with Crippen molar-refractivity contribution >= 4 is 17.5 Å². The number of aliphatic hydroxyl groups excluding tert-OH is 1. The smallest absolute Gasteiger partial charge is 0.272 e. The lowest BCUT2D eigenvalue weighted by molar-refractivity contribution is 0.0651. The van der Waals surface area contributed by atoms with Crippen molar-refractivity contribution in [3.8, 4) is 0 Å². The summed E-state index contributed by atoms with van der Waals surface area (Å²) in [5.74, 6) is -0.265. The SMILES string of the molecule is COCCN(CCO)C(=O)c1cc(Cl)ccn1. The first-order chi connectivity index (χ1) is 8.19. The Labute approximate surface area is 105 Å². The van der Waals surface area contributed by atoms with Gasteiger partial charge in [0, 0.05) is 31.4 Å². The first-order valence-electron chi connectivity index (χ1n) is 5.19. The number of aromatic nitrogens is 1. The molecule has 0 aliphatic rings. The van der Waals surface area contributed by atoms with Gasteiger partial charge in [0.1, 0.15) is 5.69 Å². The fourth-order valence-corrected chi connectivity index (χ4v) is 1.48. The molecular formula is C11H15ClN2O3. The Balaban J connectivity index is 2.76. The van der Waals surface area contributed by atoms with Gasteiger partial charge in [-0.25, -0.2) is 0 Å². The maximum absolute atomic E-state index is 12.0. The average Bonchev–Trinajstić information content (AvgIpc) is 2.33. The lowest BCUT2D eigenvalue weighted by Crippen LogP contribution is -2.36. The quantitative estimate of drug-likeness (QED) is 0.821. The molecule has 0 bridgehead atoms. The Morgan fingerprint density at radius 1 is 1.59 bits per heavy atom. The van der Waals surface area contributed by atoms with Crippen LogP contribution < -0.4 is 0 Å². The number of methoxy groups -OCH3 is 1. The molecule has 0 saturated heterocycles. The van der Waals surface area contributed by atoms with E-state index >= 15 is 0 Å². The molecule has 1 N–H and O–H groups in total. The zero-order chi connectivity index (χ0) is 12.7. The molecule has 94 valence electrons. The van der Waals surface area contributed by atoms with Crippen molar-refractivity contribution in [3.63, 3.8) is 0 Å². The van der Waals surface area contributed by atoms with Crippen LogP contribution in [0.25, 0.3) is 0 Å². The molecule has 1 heterocycles. The van der Waals surface area contributed by atoms with Crippen LogP contribution in [-0.4, -0.2) is 54.3 Å². The summed E-state index contributed by atoms with van der Waals surface area (Å²) in [4.78, 5) is 17.5. The van der Waals surface area contributed by atoms with Crippen LogP contribution >= 0.6 is 11.6 Å². The van der Waals surface area contributed by atoms with Gasteiger partial charge >= 0.3 is 0 Å². The molecule has 0 saturated carbocycles. The molecule has 0 aliphatic carbocycles. The van der Waals surface area contributed by atoms with E-state index in [1.54, 1.807) is 13.2 Å². The predicted molar refractivity (Wildman–Crippen MR) is 64.1 cm³/mol. The monoisotopic (exact) mass is 258 g/mol. The van der Waals surface area contributed by atoms with E-state index in [1.807, 2.05) is 0 Å². The van der Waals surface area contributed by atoms with Gasteiger partial charge in [-0.2, -0.15) is 0 Å². The van der Waals surface area contributed by atoms with Crippen molar-refractivity contribution in [2.24, 2.45) is 0 Å². The standard InChI is InChI=1S/C11H15ClN2O3/c1-17-7-5-14(4-6-15)11(16)10-8-9(12)2-3-13-10/h2-3,8,15H,4-7H2,1H3. The van der Waals surface area contributed by atoms with E-state index < -0.39 is 0 Å². The molecule has 5 nitrogen and oxygen atoms in total. The van der Waals surface area contributed by atoms with Crippen LogP contribution in [0, 0.1) is 0 Å². The fourth-order valence-electron chi connectivity index (χ4n) is 1.32. The molecule has 1 aromatic rings. The maximum atomic E-state index is 12.0. The number of ether oxygens (including phenoxy) is 1. The third-order valence-corrected chi connectivity index (χ3v) is 2.40. The maximum Gasteiger partial charge on any atom is 0.272 e. The van der Waals surface area contributed by atoms with Crippen molar-refractivity contribution in [1.82, 2.24) is 9.88 Å². The van der Waals surface area contributed by atoms with Crippen LogP contribution in [0.4, 0.5) is 0 Å². The third-order valence-electron chi connectivity index (χ3n) is 2.16. The Hall–Kier alpha value is -1.17. The average molecular weight is 259 g/mol. The molecule has 6 heteroatoms. The van der Waals surface area contributed by atoms with Gasteiger partial charge in [-0.05, 0) is 12.1 Å². The molecule has 1 rings (SSSR count). The number of hydrogen-bond donors (Lipinski definition) is 1. The minimum Gasteiger partial charge on any atom is -0.395 e. The van der Waals surface area contributed by atoms with Crippen molar-refractivity contribution < 1.29 is 14.6 Å². The van der Waals surface area contributed by atoms with Gasteiger partial charge in [0.2, 0.25) is 0 Å². The van der Waals surface area contributed by atoms with Gasteiger partial charge in [0.15, 0.2) is 0 Å². The van der Waals surface area contributed by atoms with E-state index in [0.29, 0.717) is 18.2 Å². The van der Waals surface area contributed by atoms with Crippen molar-refractivity contribution in [3.05, 3.63) is 29.0 Å². The van der Waals surface area contributed by atoms with Gasteiger partial charge < -0.3 is 14.7 Å². The molecule has 0 radical (unpaired) electrons. The summed E-state index contributed by atoms with van der Waals surface area (Å²) < 4.78 is 4.91. The molecule has 0 unspecified atom stereocenters. The molecule has 1 amide bonds. The summed E-state index contributed by atoms with van der Waals surface area (Å²) in [5, 5.41) is 9.36. The Morgan fingerprint density at radius 2 is 2.35 bits per heavy atom. The molecule has 0 fully saturated rings. The van der Waals surface area contributed by atoms with Gasteiger partial charge in [-0.1, -0.05) is 11.6 Å². The van der Waals surface area contributed by atoms with Crippen molar-refractivity contribution in [2.45, 2.75) is 0 Å². The lowest BCUT2D eigenvalue weighted by Gasteiger charge is -2.20. The summed E-state index contributed by atoms with van der Waals surface area (Å²) >= 11 is 5.79. The number of amides is 1. The van der Waals surface area contributed by atoms with Gasteiger partial charge in [0.05, 0.1) is 13.2 Å². The highest BCUT2D eigenvalue weighted by Gasteiger charge is 2.16. The number of halogens is 1. The van der Waals surface area contributed by atoms with Gasteiger partial charge in [0.25, 0.3) is 5.91 Å². The van der Waals surface area contributed by atoms with E-state index in [4.69, 9.17) is 21.4 Å². The molecule has 0 aromatic carbocycles. The highest BCUT2D eigenvalue weighted by Crippen LogP contribution is 2.10. The van der Waals surface area contributed by atoms with Crippen LogP contribution in [0.15, 0.2) is 18.3 Å². The molecule has 0 spiro atoms. The minimum atomic E-state index is -0.265. The third kappa shape index (κ3) is 4.30. The zero-order valence-corrected chi connectivity index (χ0v) is 10.4. The summed E-state index contributed by atoms with van der Waals surface area (Å²) in [7, 11) is 1.55. The Kier molecular flexibility index (Phi) is 5.90. The molecule has 17 heavy (non-hydrogen) atoms. The van der Waals surface area contributed by atoms with Gasteiger partial charge in [-0.3, -0.25) is 9.78 Å². The first kappa shape index (κ1) is 13.9. The zero-order valence-electron chi connectivity index (χ0n) is 9.60. The topological polar surface area (TPSA) is 62.7 Å². The van der Waals surface area contributed by atoms with E-state index in [0.717, 1.165) is 0 Å². The largest absolute Gasteiger partial charge is 0.395 e. The number of nitrogens with zero attached hydrogens (tertiary/aromatic N) is 2. The second kappa shape index (κ2) is 7.21. The number of rotatable bonds is 6. The van der Waals surface area contributed by atoms with Crippen LogP contribution in [0.1, 0.15) is 10.5 Å². The fraction of sp³-hybridized carbons (Fsp3) is 0.455. The second-order valence-electron chi connectivity index (χ2n) is 3.37. The summed E-state index contributed by atoms with van der Waals surface area (Å²) in [6.07, 6.45) is 1.48. The lowest BCUT2D eigenvalue weighted by atomic mass is 10.3. The summed E-state index contributed by atoms with van der Waals surface area (Å²) in [6.45, 7) is 0.961. The van der Waals surface area contributed by atoms with Crippen LogP contribution in [0.5, 0.6) is 0 Å². The number of carbonyl (C=O) groups is 1. The van der Waals surface area contributed by atoms with Crippen molar-refractivity contribution in [2.75, 3.05) is 33.4 Å². The summed E-state index contributed by atoms with van der Waals surface area (Å²) in [6, 6.07) is 3.10. The summed E-state index contributed by atoms with van der Waals surface area (Å²) in [5.41, 5.74) is 0.266. The normalized spacial score (nSPS) is 10.3. The number of pyridine rings is 1. The van der Waals surface area contributed by atoms with Crippen LogP contribution in [-0.2, 0) is 4.74 Å². The van der Waals surface area contributed by atoms with Crippen molar-refractivity contribution in [1.29, 1.82) is 0 Å². The molecule has 0 atom stereocenters. The van der Waals surface area contributed by atoms with Crippen LogP contribution in [0.2, 0.25) is 5.02 Å². The molecule has 1 aromatic heterocycles. The minimum absolute atomic E-state index is 0.101. The number of aliphatic hydroxyl groups is 1. The Morgan fingerprint density at radius 3 is 2.94 bits per heavy atom. The van der Waals surface area contributed by atoms with E-state index in [-0.39, 0.29) is 24.8 Å². The molecular weight excluding hydrogens is 244 g/mol. The first-order valence-corrected chi connectivity index (χ1v) is 5.57. The van der Waals surface area contributed by atoms with E-state index in [1.165, 1.54) is 17.2 Å². The predicted octanol–water partition coefficient (Wildman–Crippen LogP) is 0.816. The molecule has 0 aliphatic heterocycles. The highest BCUT2D eigenvalue weighted by atomic mass is 35.5.